The van der Waals surface area contributed by atoms with Crippen molar-refractivity contribution < 1.29 is 18.7 Å². The maximum atomic E-state index is 11.0. The summed E-state index contributed by atoms with van der Waals surface area (Å²) in [5.74, 6) is 0.687. The molecule has 0 saturated carbocycles. The number of hydrogen-bond donors (Lipinski definition) is 1. The Hall–Kier alpha value is -2.24. The van der Waals surface area contributed by atoms with Gasteiger partial charge < -0.3 is 13.9 Å². The van der Waals surface area contributed by atoms with Gasteiger partial charge in [-0.2, -0.15) is 4.98 Å². The molecule has 0 aromatic carbocycles. The zero-order valence-electron chi connectivity index (χ0n) is 11.5. The van der Waals surface area contributed by atoms with Crippen molar-refractivity contribution in [1.82, 2.24) is 4.98 Å². The van der Waals surface area contributed by atoms with Gasteiger partial charge in [0.25, 0.3) is 0 Å². The number of carbonyl (C=O) groups excluding carboxylic acids is 1. The van der Waals surface area contributed by atoms with Gasteiger partial charge in [0.15, 0.2) is 5.42 Å². The highest BCUT2D eigenvalue weighted by Gasteiger charge is 2.10. The molecule has 1 aromatic rings. The van der Waals surface area contributed by atoms with E-state index in [1.165, 1.54) is 7.11 Å². The summed E-state index contributed by atoms with van der Waals surface area (Å²) in [7, 11) is 2.84. The summed E-state index contributed by atoms with van der Waals surface area (Å²) in [6, 6.07) is 0.0861. The lowest BCUT2D eigenvalue weighted by molar-refractivity contribution is 0.186. The van der Waals surface area contributed by atoms with E-state index in [0.717, 1.165) is 0 Å². The number of rotatable bonds is 2. The molecule has 0 unspecified atom stereocenters. The maximum absolute atomic E-state index is 11.0. The Balaban J connectivity index is 0.000000861. The third kappa shape index (κ3) is 3.61. The molecule has 0 atom stereocenters. The van der Waals surface area contributed by atoms with Gasteiger partial charge in [-0.05, 0) is 6.08 Å². The molecule has 1 aliphatic rings. The first-order valence-electron chi connectivity index (χ1n) is 6.00. The quantitative estimate of drug-likeness (QED) is 0.875. The Labute approximate surface area is 111 Å². The van der Waals surface area contributed by atoms with Crippen LogP contribution in [0.15, 0.2) is 16.6 Å². The van der Waals surface area contributed by atoms with Crippen molar-refractivity contribution in [3.8, 4) is 0 Å². The summed E-state index contributed by atoms with van der Waals surface area (Å²) in [6.07, 6.45) is 5.54. The molecule has 1 aromatic heterocycles. The van der Waals surface area contributed by atoms with E-state index in [1.54, 1.807) is 13.2 Å². The third-order valence-electron chi connectivity index (χ3n) is 2.25. The largest absolute Gasteiger partial charge is 0.498 e. The fourth-order valence-electron chi connectivity index (χ4n) is 1.44. The molecule has 0 saturated heterocycles. The minimum Gasteiger partial charge on any atom is -0.498 e. The molecule has 2 rings (SSSR count). The van der Waals surface area contributed by atoms with Crippen molar-refractivity contribution >= 4 is 23.9 Å². The van der Waals surface area contributed by atoms with E-state index < -0.39 is 6.09 Å². The molecule has 0 bridgehead atoms. The van der Waals surface area contributed by atoms with Crippen molar-refractivity contribution in [3.05, 3.63) is 22.9 Å². The monoisotopic (exact) mass is 266 g/mol. The van der Waals surface area contributed by atoms with Gasteiger partial charge in [-0.25, -0.2) is 10.1 Å². The van der Waals surface area contributed by atoms with E-state index >= 15 is 0 Å². The van der Waals surface area contributed by atoms with Crippen LogP contribution in [0.4, 0.5) is 10.8 Å². The highest BCUT2D eigenvalue weighted by atomic mass is 16.5. The number of allylic oxidation sites excluding steroid dienone is 1. The molecular weight excluding hydrogens is 248 g/mol. The van der Waals surface area contributed by atoms with E-state index in [-0.39, 0.29) is 6.01 Å². The Kier molecular flexibility index (Phi) is 5.66. The molecule has 1 aliphatic carbocycles. The predicted octanol–water partition coefficient (Wildman–Crippen LogP) is 1.37. The van der Waals surface area contributed by atoms with Crippen molar-refractivity contribution in [2.75, 3.05) is 19.5 Å². The average molecular weight is 266 g/mol. The molecule has 0 spiro atoms. The van der Waals surface area contributed by atoms with Crippen LogP contribution in [0.1, 0.15) is 20.3 Å². The smallest absolute Gasteiger partial charge is 0.414 e. The van der Waals surface area contributed by atoms with Gasteiger partial charge in [-0.3, -0.25) is 0 Å². The van der Waals surface area contributed by atoms with Crippen LogP contribution in [0.2, 0.25) is 0 Å². The lowest BCUT2D eigenvalue weighted by Crippen LogP contribution is -2.25. The summed E-state index contributed by atoms with van der Waals surface area (Å²) in [5.41, 5.74) is 0.544. The maximum Gasteiger partial charge on any atom is 0.414 e. The van der Waals surface area contributed by atoms with Gasteiger partial charge in [0, 0.05) is 6.42 Å². The molecule has 19 heavy (non-hydrogen) atoms. The van der Waals surface area contributed by atoms with Crippen molar-refractivity contribution in [2.24, 2.45) is 0 Å². The second-order valence-corrected chi connectivity index (χ2v) is 3.27. The van der Waals surface area contributed by atoms with E-state index in [2.05, 4.69) is 15.0 Å². The van der Waals surface area contributed by atoms with Crippen LogP contribution in [0, 0.1) is 0 Å². The SMILES string of the molecule is CC.COC(=O)Nc1nc2c(o1)=CC=CCC=2OC. The summed E-state index contributed by atoms with van der Waals surface area (Å²) in [6.45, 7) is 4.00. The minimum absolute atomic E-state index is 0.0861. The first-order chi connectivity index (χ1) is 9.24. The van der Waals surface area contributed by atoms with Gasteiger partial charge in [0.2, 0.25) is 0 Å². The van der Waals surface area contributed by atoms with E-state index in [1.807, 2.05) is 26.0 Å². The molecule has 104 valence electrons. The number of nitrogens with one attached hydrogen (secondary N) is 1. The van der Waals surface area contributed by atoms with Crippen LogP contribution in [0.25, 0.3) is 11.8 Å². The molecule has 0 radical (unpaired) electrons. The summed E-state index contributed by atoms with van der Waals surface area (Å²) in [5, 5.41) is 2.95. The summed E-state index contributed by atoms with van der Waals surface area (Å²) in [4.78, 5) is 15.2. The lowest BCUT2D eigenvalue weighted by atomic mass is 10.3. The number of ether oxygens (including phenoxy) is 2. The van der Waals surface area contributed by atoms with Crippen molar-refractivity contribution in [3.63, 3.8) is 0 Å². The minimum atomic E-state index is -0.629. The van der Waals surface area contributed by atoms with Crippen LogP contribution in [0.5, 0.6) is 0 Å². The van der Waals surface area contributed by atoms with Crippen LogP contribution < -0.4 is 16.1 Å². The molecular formula is C13H18N2O4. The summed E-state index contributed by atoms with van der Waals surface area (Å²) < 4.78 is 15.0. The fourth-order valence-corrected chi connectivity index (χ4v) is 1.44. The van der Waals surface area contributed by atoms with E-state index in [0.29, 0.717) is 22.9 Å². The molecule has 6 heteroatoms. The first-order valence-corrected chi connectivity index (χ1v) is 6.00. The van der Waals surface area contributed by atoms with Crippen LogP contribution >= 0.6 is 0 Å². The number of carbonyl (C=O) groups is 1. The zero-order chi connectivity index (χ0) is 14.3. The standard InChI is InChI=1S/C11H12N2O4.C2H6/c1-15-7-5-3-4-6-8-9(7)12-10(17-8)13-11(14)16-2;1-2/h3-4,6H,5H2,1-2H3,(H,12,13,14);1-2H3. The van der Waals surface area contributed by atoms with E-state index in [9.17, 15) is 4.79 Å². The second-order valence-electron chi connectivity index (χ2n) is 3.27. The highest BCUT2D eigenvalue weighted by Crippen LogP contribution is 2.05. The second kappa shape index (κ2) is 7.25. The average Bonchev–Trinajstić information content (AvgIpc) is 2.74. The molecule has 0 aliphatic heterocycles. The number of fused-ring (bicyclic) bond motifs is 1. The van der Waals surface area contributed by atoms with Gasteiger partial charge >= 0.3 is 12.1 Å². The number of oxazole rings is 1. The van der Waals surface area contributed by atoms with Gasteiger partial charge in [-0.1, -0.05) is 26.0 Å². The van der Waals surface area contributed by atoms with Crippen molar-refractivity contribution in [2.45, 2.75) is 20.3 Å². The van der Waals surface area contributed by atoms with E-state index in [4.69, 9.17) is 9.15 Å². The Morgan fingerprint density at radius 2 is 2.16 bits per heavy atom. The number of methoxy groups -OCH3 is 2. The van der Waals surface area contributed by atoms with Gasteiger partial charge in [-0.15, -0.1) is 0 Å². The van der Waals surface area contributed by atoms with Gasteiger partial charge in [0.05, 0.1) is 14.2 Å². The molecule has 1 N–H and O–H groups in total. The Morgan fingerprint density at radius 1 is 1.42 bits per heavy atom. The molecule has 1 amide bonds. The predicted molar refractivity (Wildman–Crippen MR) is 71.8 cm³/mol. The number of nitrogens with zero attached hydrogens (tertiary/aromatic N) is 1. The zero-order valence-corrected chi connectivity index (χ0v) is 11.5. The summed E-state index contributed by atoms with van der Waals surface area (Å²) >= 11 is 0. The number of hydrogen-bond acceptors (Lipinski definition) is 5. The Morgan fingerprint density at radius 3 is 2.79 bits per heavy atom. The fraction of sp³-hybridized carbons (Fsp3) is 0.385. The van der Waals surface area contributed by atoms with Crippen molar-refractivity contribution in [1.29, 1.82) is 0 Å². The number of aromatic nitrogens is 1. The molecule has 1 heterocycles. The normalized spacial score (nSPS) is 12.3. The number of anilines is 1. The van der Waals surface area contributed by atoms with Crippen LogP contribution in [-0.2, 0) is 9.47 Å². The highest BCUT2D eigenvalue weighted by molar-refractivity contribution is 5.81. The number of amides is 1. The first kappa shape index (κ1) is 14.8. The lowest BCUT2D eigenvalue weighted by Gasteiger charge is -1.98. The van der Waals surface area contributed by atoms with Crippen LogP contribution in [0.3, 0.4) is 0 Å². The molecule has 0 fully saturated rings. The molecule has 6 nitrogen and oxygen atoms in total. The topological polar surface area (TPSA) is 73.6 Å². The van der Waals surface area contributed by atoms with Gasteiger partial charge in [0.1, 0.15) is 11.1 Å². The third-order valence-corrected chi connectivity index (χ3v) is 2.25. The van der Waals surface area contributed by atoms with Crippen LogP contribution in [-0.4, -0.2) is 25.3 Å². The Bertz CT molecular complexity index is 572.